The minimum absolute atomic E-state index is 0.0144. The largest absolute Gasteiger partial charge is 0.545 e. The number of carbonyl (C=O) groups is 2. The van der Waals surface area contributed by atoms with Gasteiger partial charge in [-0.2, -0.15) is 20.3 Å². The summed E-state index contributed by atoms with van der Waals surface area (Å²) in [6, 6.07) is 12.7. The number of rotatable bonds is 5. The second-order valence-corrected chi connectivity index (χ2v) is 8.12. The van der Waals surface area contributed by atoms with Gasteiger partial charge in [0.25, 0.3) is 5.91 Å². The molecule has 1 aliphatic heterocycles. The number of azo groups is 1. The lowest BCUT2D eigenvalue weighted by molar-refractivity contribution is -0.255. The highest BCUT2D eigenvalue weighted by Crippen LogP contribution is 2.31. The van der Waals surface area contributed by atoms with E-state index in [0.717, 1.165) is 15.7 Å². The number of anilines is 1. The Kier molecular flexibility index (Phi) is 5.51. The minimum atomic E-state index is -1.31. The third-order valence-corrected chi connectivity index (χ3v) is 5.62. The fourth-order valence-corrected chi connectivity index (χ4v) is 3.81. The summed E-state index contributed by atoms with van der Waals surface area (Å²) in [5.74, 6) is -1.68. The number of nitrogens with zero attached hydrogens (tertiary/aromatic N) is 5. The van der Waals surface area contributed by atoms with Crippen LogP contribution in [0.2, 0.25) is 0 Å². The number of aromatic nitrogens is 1. The van der Waals surface area contributed by atoms with Crippen LogP contribution in [0.4, 0.5) is 10.8 Å². The van der Waals surface area contributed by atoms with E-state index >= 15 is 0 Å². The van der Waals surface area contributed by atoms with Crippen molar-refractivity contribution in [2.75, 3.05) is 5.01 Å². The lowest BCUT2D eigenvalue weighted by Gasteiger charge is -2.08. The summed E-state index contributed by atoms with van der Waals surface area (Å²) in [6.07, 6.45) is 0. The van der Waals surface area contributed by atoms with Gasteiger partial charge >= 0.3 is 0 Å². The van der Waals surface area contributed by atoms with E-state index in [4.69, 9.17) is 0 Å². The molecule has 0 unspecified atom stereocenters. The van der Waals surface area contributed by atoms with Crippen molar-refractivity contribution in [3.8, 4) is 11.3 Å². The van der Waals surface area contributed by atoms with Crippen molar-refractivity contribution < 1.29 is 14.7 Å². The number of hydrogen-bond acceptors (Lipinski definition) is 8. The van der Waals surface area contributed by atoms with Crippen molar-refractivity contribution in [1.29, 1.82) is 0 Å². The molecule has 0 radical (unpaired) electrons. The Morgan fingerprint density at radius 1 is 1.23 bits per heavy atom. The second kappa shape index (κ2) is 8.25. The van der Waals surface area contributed by atoms with Crippen LogP contribution in [-0.2, 0) is 4.79 Å². The molecule has 0 N–H and O–H groups in total. The fraction of sp³-hybridized carbons (Fsp3) is 0.100. The van der Waals surface area contributed by atoms with E-state index in [1.807, 2.05) is 29.6 Å². The summed E-state index contributed by atoms with van der Waals surface area (Å²) in [5.41, 5.74) is 2.44. The van der Waals surface area contributed by atoms with Gasteiger partial charge in [-0.15, -0.1) is 11.3 Å². The van der Waals surface area contributed by atoms with E-state index in [9.17, 15) is 14.7 Å². The van der Waals surface area contributed by atoms with Crippen LogP contribution in [0.15, 0.2) is 73.7 Å². The Morgan fingerprint density at radius 3 is 2.73 bits per heavy atom. The smallest absolute Gasteiger partial charge is 0.282 e. The van der Waals surface area contributed by atoms with Crippen LogP contribution in [0.25, 0.3) is 11.3 Å². The number of aromatic carboxylic acids is 1. The predicted molar refractivity (Wildman–Crippen MR) is 115 cm³/mol. The Balaban J connectivity index is 1.53. The first-order chi connectivity index (χ1) is 14.4. The first kappa shape index (κ1) is 20.0. The number of carboxylic acids is 1. The molecule has 4 rings (SSSR count). The molecule has 0 saturated carbocycles. The van der Waals surface area contributed by atoms with Crippen molar-refractivity contribution in [3.63, 3.8) is 0 Å². The Bertz CT molecular complexity index is 1190. The Labute approximate surface area is 183 Å². The monoisotopic (exact) mass is 482 g/mol. The maximum Gasteiger partial charge on any atom is 0.282 e. The molecule has 30 heavy (non-hydrogen) atoms. The maximum atomic E-state index is 12.8. The van der Waals surface area contributed by atoms with E-state index < -0.39 is 12.0 Å². The number of hydrogen-bond donors (Lipinski definition) is 0. The molecule has 0 aliphatic carbocycles. The van der Waals surface area contributed by atoms with Crippen LogP contribution in [0.3, 0.4) is 0 Å². The van der Waals surface area contributed by atoms with Crippen LogP contribution in [0, 0.1) is 0 Å². The molecule has 1 aromatic heterocycles. The highest BCUT2D eigenvalue weighted by atomic mass is 79.9. The van der Waals surface area contributed by atoms with Crippen LogP contribution in [0.1, 0.15) is 17.3 Å². The van der Waals surface area contributed by atoms with E-state index in [1.54, 1.807) is 13.0 Å². The highest BCUT2D eigenvalue weighted by Gasteiger charge is 2.36. The van der Waals surface area contributed by atoms with Crippen molar-refractivity contribution in [2.24, 2.45) is 15.3 Å². The number of carbonyl (C=O) groups excluding carboxylic acids is 2. The number of halogens is 1. The lowest BCUT2D eigenvalue weighted by atomic mass is 10.2. The van der Waals surface area contributed by atoms with Gasteiger partial charge in [0.15, 0.2) is 6.04 Å². The minimum Gasteiger partial charge on any atom is -0.545 e. The molecule has 8 nitrogen and oxygen atoms in total. The molecule has 10 heteroatoms. The topological polar surface area (TPSA) is 110 Å². The molecule has 2 aromatic carbocycles. The average molecular weight is 483 g/mol. The van der Waals surface area contributed by atoms with Gasteiger partial charge in [-0.25, -0.2) is 4.98 Å². The molecular weight excluding hydrogens is 470 g/mol. The fourth-order valence-electron chi connectivity index (χ4n) is 2.76. The zero-order chi connectivity index (χ0) is 21.3. The maximum absolute atomic E-state index is 12.8. The molecule has 0 saturated heterocycles. The molecule has 150 valence electrons. The summed E-state index contributed by atoms with van der Waals surface area (Å²) in [6.45, 7) is 1.68. The highest BCUT2D eigenvalue weighted by molar-refractivity contribution is 9.10. The van der Waals surface area contributed by atoms with Crippen LogP contribution in [0.5, 0.6) is 0 Å². The molecular formula is C20H13BrN5O3S-. The zero-order valence-corrected chi connectivity index (χ0v) is 17.9. The lowest BCUT2D eigenvalue weighted by Crippen LogP contribution is -2.29. The van der Waals surface area contributed by atoms with Gasteiger partial charge < -0.3 is 9.90 Å². The van der Waals surface area contributed by atoms with Gasteiger partial charge in [0, 0.05) is 15.4 Å². The van der Waals surface area contributed by atoms with Crippen molar-refractivity contribution in [2.45, 2.75) is 13.0 Å². The molecule has 2 heterocycles. The van der Waals surface area contributed by atoms with Crippen LogP contribution >= 0.6 is 27.3 Å². The van der Waals surface area contributed by atoms with E-state index in [-0.39, 0.29) is 11.5 Å². The molecule has 1 atom stereocenters. The number of hydrazone groups is 1. The summed E-state index contributed by atoms with van der Waals surface area (Å²) < 4.78 is 0.968. The number of thiazole rings is 1. The molecule has 1 amide bonds. The van der Waals surface area contributed by atoms with Crippen LogP contribution in [-0.4, -0.2) is 28.6 Å². The molecule has 0 spiro atoms. The molecule has 0 fully saturated rings. The number of carboxylic acid groups (broad SMARTS) is 1. The van der Waals surface area contributed by atoms with Crippen molar-refractivity contribution >= 4 is 55.7 Å². The van der Waals surface area contributed by atoms with Gasteiger partial charge in [-0.1, -0.05) is 40.2 Å². The standard InChI is InChI=1S/C20H14BrN5O3S/c1-11-17(24-23-15-4-2-3-13(9-15)19(28)29)18(27)26(25-11)20-22-16(10-30-20)12-5-7-14(21)8-6-12/h2-10,17H,1H3,(H,28,29)/p-1/t17-/m0/s1. The molecule has 0 bridgehead atoms. The Morgan fingerprint density at radius 2 is 2.00 bits per heavy atom. The van der Waals surface area contributed by atoms with Crippen LogP contribution < -0.4 is 10.1 Å². The van der Waals surface area contributed by atoms with E-state index in [0.29, 0.717) is 16.5 Å². The summed E-state index contributed by atoms with van der Waals surface area (Å²) >= 11 is 4.70. The Hall–Kier alpha value is -3.24. The summed E-state index contributed by atoms with van der Waals surface area (Å²) in [7, 11) is 0. The van der Waals surface area contributed by atoms with Crippen molar-refractivity contribution in [1.82, 2.24) is 4.98 Å². The SMILES string of the molecule is CC1=NN(c2nc(-c3ccc(Br)cc3)cs2)C(=O)[C@H]1N=Nc1cccc(C(=O)[O-])c1. The van der Waals surface area contributed by atoms with E-state index in [1.165, 1.54) is 34.5 Å². The van der Waals surface area contributed by atoms with Gasteiger partial charge in [0.2, 0.25) is 5.13 Å². The molecule has 3 aromatic rings. The van der Waals surface area contributed by atoms with E-state index in [2.05, 4.69) is 36.2 Å². The third-order valence-electron chi connectivity index (χ3n) is 4.28. The van der Waals surface area contributed by atoms with Gasteiger partial charge in [0.1, 0.15) is 0 Å². The van der Waals surface area contributed by atoms with Gasteiger partial charge in [0.05, 0.1) is 23.1 Å². The number of amides is 1. The second-order valence-electron chi connectivity index (χ2n) is 6.37. The van der Waals surface area contributed by atoms with Gasteiger partial charge in [-0.3, -0.25) is 4.79 Å². The average Bonchev–Trinajstić information content (AvgIpc) is 3.32. The predicted octanol–water partition coefficient (Wildman–Crippen LogP) is 3.81. The van der Waals surface area contributed by atoms with Gasteiger partial charge in [-0.05, 0) is 36.8 Å². The zero-order valence-electron chi connectivity index (χ0n) is 15.5. The third kappa shape index (κ3) is 4.05. The normalized spacial score (nSPS) is 16.3. The first-order valence-electron chi connectivity index (χ1n) is 8.75. The molecule has 1 aliphatic rings. The summed E-state index contributed by atoms with van der Waals surface area (Å²) in [5, 5.41) is 26.8. The summed E-state index contributed by atoms with van der Waals surface area (Å²) in [4.78, 5) is 28.3. The first-order valence-corrected chi connectivity index (χ1v) is 10.4. The quantitative estimate of drug-likeness (QED) is 0.514. The van der Waals surface area contributed by atoms with Crippen molar-refractivity contribution in [3.05, 3.63) is 63.9 Å². The number of benzene rings is 2.